The topological polar surface area (TPSA) is 58.2 Å². The minimum Gasteiger partial charge on any atom is -0.322 e. The van der Waals surface area contributed by atoms with Gasteiger partial charge in [-0.15, -0.1) is 0 Å². The fourth-order valence-electron chi connectivity index (χ4n) is 2.42. The van der Waals surface area contributed by atoms with Gasteiger partial charge in [0.1, 0.15) is 0 Å². The Morgan fingerprint density at radius 2 is 1.31 bits per heavy atom. The summed E-state index contributed by atoms with van der Waals surface area (Å²) in [5.74, 6) is -0.576. The Bertz CT molecular complexity index is 919. The van der Waals surface area contributed by atoms with E-state index in [0.29, 0.717) is 16.9 Å². The van der Waals surface area contributed by atoms with Crippen molar-refractivity contribution in [1.29, 1.82) is 0 Å². The molecule has 0 atom stereocenters. The first-order chi connectivity index (χ1) is 12.7. The predicted molar refractivity (Wildman–Crippen MR) is 105 cm³/mol. The van der Waals surface area contributed by atoms with Gasteiger partial charge < -0.3 is 10.6 Å². The van der Waals surface area contributed by atoms with Crippen molar-refractivity contribution in [2.24, 2.45) is 0 Å². The highest BCUT2D eigenvalue weighted by Gasteiger charge is 2.12. The molecule has 2 N–H and O–H groups in total. The lowest BCUT2D eigenvalue weighted by Crippen LogP contribution is -2.16. The van der Waals surface area contributed by atoms with Crippen molar-refractivity contribution in [1.82, 2.24) is 0 Å². The maximum Gasteiger partial charge on any atom is 0.257 e. The summed E-state index contributed by atoms with van der Waals surface area (Å²) in [5.41, 5.74) is 2.49. The van der Waals surface area contributed by atoms with Gasteiger partial charge in [0.05, 0.1) is 11.3 Å². The largest absolute Gasteiger partial charge is 0.322 e. The van der Waals surface area contributed by atoms with Crippen molar-refractivity contribution in [3.8, 4) is 0 Å². The summed E-state index contributed by atoms with van der Waals surface area (Å²) in [6, 6.07) is 25.6. The molecule has 0 saturated carbocycles. The Hall–Kier alpha value is -3.66. The monoisotopic (exact) mass is 342 g/mol. The van der Waals surface area contributed by atoms with Crippen LogP contribution in [0.3, 0.4) is 0 Å². The van der Waals surface area contributed by atoms with Crippen LogP contribution in [0.1, 0.15) is 15.9 Å². The summed E-state index contributed by atoms with van der Waals surface area (Å²) in [7, 11) is 0. The molecule has 4 nitrogen and oxygen atoms in total. The van der Waals surface area contributed by atoms with E-state index in [2.05, 4.69) is 10.6 Å². The van der Waals surface area contributed by atoms with Gasteiger partial charge in [-0.3, -0.25) is 9.59 Å². The summed E-state index contributed by atoms with van der Waals surface area (Å²) < 4.78 is 0. The molecule has 0 unspecified atom stereocenters. The maximum absolute atomic E-state index is 12.5. The molecule has 3 rings (SSSR count). The zero-order valence-electron chi connectivity index (χ0n) is 14.1. The van der Waals surface area contributed by atoms with E-state index in [1.807, 2.05) is 60.7 Å². The lowest BCUT2D eigenvalue weighted by atomic mass is 10.1. The normalized spacial score (nSPS) is 10.5. The predicted octanol–water partition coefficient (Wildman–Crippen LogP) is 4.59. The first kappa shape index (κ1) is 17.2. The molecular weight excluding hydrogens is 324 g/mol. The minimum atomic E-state index is -0.297. The number of anilines is 2. The maximum atomic E-state index is 12.5. The van der Waals surface area contributed by atoms with Crippen LogP contribution < -0.4 is 10.6 Å². The molecule has 2 amide bonds. The van der Waals surface area contributed by atoms with Crippen molar-refractivity contribution in [2.45, 2.75) is 0 Å². The second kappa shape index (κ2) is 8.44. The van der Waals surface area contributed by atoms with Gasteiger partial charge in [-0.25, -0.2) is 0 Å². The van der Waals surface area contributed by atoms with Crippen LogP contribution in [-0.2, 0) is 4.79 Å². The molecule has 0 saturated heterocycles. The van der Waals surface area contributed by atoms with Gasteiger partial charge in [0.15, 0.2) is 0 Å². The third-order valence-corrected chi connectivity index (χ3v) is 3.69. The van der Waals surface area contributed by atoms with Crippen LogP contribution in [0, 0.1) is 0 Å². The Morgan fingerprint density at radius 1 is 0.692 bits per heavy atom. The Labute approximate surface area is 152 Å². The Balaban J connectivity index is 1.71. The van der Waals surface area contributed by atoms with Crippen LogP contribution in [0.25, 0.3) is 6.08 Å². The molecule has 0 heterocycles. The van der Waals surface area contributed by atoms with E-state index >= 15 is 0 Å². The van der Waals surface area contributed by atoms with Gasteiger partial charge in [-0.05, 0) is 35.9 Å². The highest BCUT2D eigenvalue weighted by Crippen LogP contribution is 2.17. The molecule has 0 aliphatic carbocycles. The quantitative estimate of drug-likeness (QED) is 0.666. The number of amides is 2. The smallest absolute Gasteiger partial charge is 0.257 e. The Kier molecular flexibility index (Phi) is 5.58. The van der Waals surface area contributed by atoms with Crippen molar-refractivity contribution in [2.75, 3.05) is 10.6 Å². The lowest BCUT2D eigenvalue weighted by molar-refractivity contribution is -0.111. The van der Waals surface area contributed by atoms with Crippen molar-refractivity contribution in [3.05, 3.63) is 102 Å². The molecule has 0 bridgehead atoms. The van der Waals surface area contributed by atoms with E-state index in [4.69, 9.17) is 0 Å². The molecule has 0 aliphatic rings. The summed E-state index contributed by atoms with van der Waals surface area (Å²) in [6.07, 6.45) is 3.17. The van der Waals surface area contributed by atoms with Crippen LogP contribution >= 0.6 is 0 Å². The Morgan fingerprint density at radius 3 is 2.04 bits per heavy atom. The molecule has 4 heteroatoms. The molecule has 0 aromatic heterocycles. The van der Waals surface area contributed by atoms with Gasteiger partial charge in [-0.1, -0.05) is 60.7 Å². The van der Waals surface area contributed by atoms with Crippen LogP contribution in [-0.4, -0.2) is 11.8 Å². The number of rotatable bonds is 5. The second-order valence-electron chi connectivity index (χ2n) is 5.60. The van der Waals surface area contributed by atoms with E-state index in [-0.39, 0.29) is 11.8 Å². The molecule has 0 fully saturated rings. The highest BCUT2D eigenvalue weighted by molar-refractivity contribution is 6.11. The van der Waals surface area contributed by atoms with Crippen molar-refractivity contribution < 1.29 is 9.59 Å². The number of hydrogen-bond acceptors (Lipinski definition) is 2. The number of carbonyl (C=O) groups is 2. The number of benzene rings is 3. The van der Waals surface area contributed by atoms with Crippen LogP contribution in [0.15, 0.2) is 91.0 Å². The molecule has 0 radical (unpaired) electrons. The number of nitrogens with one attached hydrogen (secondary N) is 2. The lowest BCUT2D eigenvalue weighted by Gasteiger charge is -2.10. The standard InChI is InChI=1S/C22H18N2O2/c25-21(16-15-17-9-3-1-4-10-17)24-20-14-8-7-13-19(20)22(26)23-18-11-5-2-6-12-18/h1-16H,(H,23,26)(H,24,25). The molecule has 3 aromatic rings. The van der Waals surface area contributed by atoms with E-state index in [0.717, 1.165) is 5.56 Å². The number of hydrogen-bond donors (Lipinski definition) is 2. The fourth-order valence-corrected chi connectivity index (χ4v) is 2.42. The number of carbonyl (C=O) groups excluding carboxylic acids is 2. The molecule has 128 valence electrons. The SMILES string of the molecule is O=C(C=Cc1ccccc1)Nc1ccccc1C(=O)Nc1ccccc1. The zero-order valence-corrected chi connectivity index (χ0v) is 14.1. The molecular formula is C22H18N2O2. The summed E-state index contributed by atoms with van der Waals surface area (Å²) >= 11 is 0. The first-order valence-electron chi connectivity index (χ1n) is 8.22. The summed E-state index contributed by atoms with van der Waals surface area (Å²) in [6.45, 7) is 0. The van der Waals surface area contributed by atoms with Gasteiger partial charge in [0.2, 0.25) is 5.91 Å². The van der Waals surface area contributed by atoms with E-state index in [9.17, 15) is 9.59 Å². The summed E-state index contributed by atoms with van der Waals surface area (Å²) in [5, 5.41) is 5.58. The third-order valence-electron chi connectivity index (χ3n) is 3.69. The number of para-hydroxylation sites is 2. The molecule has 26 heavy (non-hydrogen) atoms. The van der Waals surface area contributed by atoms with Crippen LogP contribution in [0.5, 0.6) is 0 Å². The van der Waals surface area contributed by atoms with Gasteiger partial charge in [0.25, 0.3) is 5.91 Å². The van der Waals surface area contributed by atoms with Gasteiger partial charge in [-0.2, -0.15) is 0 Å². The van der Waals surface area contributed by atoms with Crippen LogP contribution in [0.4, 0.5) is 11.4 Å². The van der Waals surface area contributed by atoms with Crippen molar-refractivity contribution >= 4 is 29.3 Å². The highest BCUT2D eigenvalue weighted by atomic mass is 16.2. The van der Waals surface area contributed by atoms with Gasteiger partial charge >= 0.3 is 0 Å². The van der Waals surface area contributed by atoms with E-state index < -0.39 is 0 Å². The molecule has 0 spiro atoms. The van der Waals surface area contributed by atoms with E-state index in [1.165, 1.54) is 6.08 Å². The average molecular weight is 342 g/mol. The summed E-state index contributed by atoms with van der Waals surface area (Å²) in [4.78, 5) is 24.7. The van der Waals surface area contributed by atoms with Gasteiger partial charge in [0, 0.05) is 11.8 Å². The molecule has 3 aromatic carbocycles. The van der Waals surface area contributed by atoms with E-state index in [1.54, 1.807) is 30.3 Å². The average Bonchev–Trinajstić information content (AvgIpc) is 2.68. The fraction of sp³-hybridized carbons (Fsp3) is 0. The first-order valence-corrected chi connectivity index (χ1v) is 8.22. The van der Waals surface area contributed by atoms with Crippen molar-refractivity contribution in [3.63, 3.8) is 0 Å². The third kappa shape index (κ3) is 4.68. The second-order valence-corrected chi connectivity index (χ2v) is 5.60. The zero-order chi connectivity index (χ0) is 18.2. The molecule has 0 aliphatic heterocycles. The minimum absolute atomic E-state index is 0.279. The van der Waals surface area contributed by atoms with Crippen LogP contribution in [0.2, 0.25) is 0 Å².